The molecule has 0 aliphatic heterocycles. The molecule has 0 saturated heterocycles. The van der Waals surface area contributed by atoms with Crippen molar-refractivity contribution in [1.29, 1.82) is 0 Å². The van der Waals surface area contributed by atoms with Crippen molar-refractivity contribution < 1.29 is 22.8 Å². The molecule has 3 aromatic rings. The van der Waals surface area contributed by atoms with Gasteiger partial charge in [0.05, 0.1) is 0 Å². The van der Waals surface area contributed by atoms with Gasteiger partial charge >= 0.3 is 0 Å². The molecule has 0 bridgehead atoms. The minimum atomic E-state index is -2.75. The maximum absolute atomic E-state index is 15.1. The van der Waals surface area contributed by atoms with Gasteiger partial charge in [0.1, 0.15) is 17.6 Å². The number of carbonyl (C=O) groups is 2. The van der Waals surface area contributed by atoms with E-state index in [2.05, 4.69) is 25.7 Å². The van der Waals surface area contributed by atoms with Crippen LogP contribution < -0.4 is 10.6 Å². The molecule has 0 unspecified atom stereocenters. The van der Waals surface area contributed by atoms with Crippen molar-refractivity contribution in [3.8, 4) is 11.1 Å². The van der Waals surface area contributed by atoms with Crippen LogP contribution >= 0.6 is 0 Å². The topological polar surface area (TPSA) is 102 Å². The van der Waals surface area contributed by atoms with Crippen LogP contribution in [0.15, 0.2) is 36.7 Å². The Bertz CT molecular complexity index is 1370. The highest BCUT2D eigenvalue weighted by atomic mass is 19.3. The molecule has 11 heteroatoms. The predicted octanol–water partition coefficient (Wildman–Crippen LogP) is 5.48. The van der Waals surface area contributed by atoms with Gasteiger partial charge in [0.2, 0.25) is 11.9 Å². The molecule has 2 N–H and O–H groups in total. The molecule has 2 aliphatic rings. The van der Waals surface area contributed by atoms with Gasteiger partial charge in [0, 0.05) is 40.8 Å². The van der Waals surface area contributed by atoms with Crippen LogP contribution in [0.5, 0.6) is 0 Å². The molecule has 8 nitrogen and oxygen atoms in total. The lowest BCUT2D eigenvalue weighted by atomic mass is 9.88. The van der Waals surface area contributed by atoms with Crippen LogP contribution in [0.2, 0.25) is 0 Å². The number of anilines is 1. The third kappa shape index (κ3) is 5.81. The highest BCUT2D eigenvalue weighted by Crippen LogP contribution is 2.51. The molecule has 2 aliphatic carbocycles. The average molecular weight is 541 g/mol. The Morgan fingerprint density at radius 2 is 1.74 bits per heavy atom. The number of aromatic nitrogens is 4. The van der Waals surface area contributed by atoms with E-state index in [4.69, 9.17) is 0 Å². The van der Waals surface area contributed by atoms with Crippen LogP contribution in [0.3, 0.4) is 0 Å². The quantitative estimate of drug-likeness (QED) is 0.332. The highest BCUT2D eigenvalue weighted by molar-refractivity contribution is 6.00. The van der Waals surface area contributed by atoms with Crippen LogP contribution in [-0.4, -0.2) is 37.6 Å². The van der Waals surface area contributed by atoms with Crippen LogP contribution in [0, 0.1) is 30.6 Å². The molecule has 2 saturated carbocycles. The first-order valence-corrected chi connectivity index (χ1v) is 13.2. The van der Waals surface area contributed by atoms with E-state index < -0.39 is 30.2 Å². The third-order valence-corrected chi connectivity index (χ3v) is 7.43. The first-order valence-electron chi connectivity index (χ1n) is 13.2. The van der Waals surface area contributed by atoms with E-state index in [0.29, 0.717) is 23.2 Å². The Hall–Kier alpha value is -3.76. The molecule has 2 fully saturated rings. The molecule has 0 radical (unpaired) electrons. The number of hydrogen-bond acceptors (Lipinski definition) is 5. The molecular formula is C28H31F3N6O2. The van der Waals surface area contributed by atoms with Crippen molar-refractivity contribution in [1.82, 2.24) is 25.1 Å². The summed E-state index contributed by atoms with van der Waals surface area (Å²) in [7, 11) is 0. The second kappa shape index (κ2) is 10.8. The Balaban J connectivity index is 1.39. The predicted molar refractivity (Wildman–Crippen MR) is 139 cm³/mol. The first-order chi connectivity index (χ1) is 18.6. The zero-order chi connectivity index (χ0) is 27.8. The molecule has 0 spiro atoms. The fourth-order valence-electron chi connectivity index (χ4n) is 5.20. The van der Waals surface area contributed by atoms with Gasteiger partial charge in [-0.15, -0.1) is 0 Å². The van der Waals surface area contributed by atoms with Crippen molar-refractivity contribution in [3.05, 3.63) is 59.6 Å². The van der Waals surface area contributed by atoms with E-state index in [9.17, 15) is 18.4 Å². The smallest absolute Gasteiger partial charge is 0.270 e. The lowest BCUT2D eigenvalue weighted by molar-refractivity contribution is -0.119. The summed E-state index contributed by atoms with van der Waals surface area (Å²) in [4.78, 5) is 34.7. The molecule has 39 heavy (non-hydrogen) atoms. The van der Waals surface area contributed by atoms with E-state index in [1.165, 1.54) is 18.2 Å². The molecule has 2 amide bonds. The Morgan fingerprint density at radius 3 is 2.33 bits per heavy atom. The van der Waals surface area contributed by atoms with E-state index in [0.717, 1.165) is 31.9 Å². The van der Waals surface area contributed by atoms with Crippen LogP contribution in [-0.2, 0) is 4.79 Å². The van der Waals surface area contributed by atoms with E-state index in [1.54, 1.807) is 23.9 Å². The monoisotopic (exact) mass is 540 g/mol. The second-order valence-corrected chi connectivity index (χ2v) is 10.7. The number of carbonyl (C=O) groups excluding carboxylic acids is 2. The number of aryl methyl sites for hydroxylation is 1. The minimum absolute atomic E-state index is 0.00105. The van der Waals surface area contributed by atoms with Crippen LogP contribution in [0.1, 0.15) is 73.7 Å². The van der Waals surface area contributed by atoms with Gasteiger partial charge in [-0.1, -0.05) is 0 Å². The lowest BCUT2D eigenvalue weighted by Crippen LogP contribution is -2.50. The summed E-state index contributed by atoms with van der Waals surface area (Å²) in [5.74, 6) is -1.18. The first kappa shape index (κ1) is 26.8. The second-order valence-electron chi connectivity index (χ2n) is 10.7. The SMILES string of the molecule is Cc1ncc(C(F)F)cc1-c1ccc(NC(=O)[C@@H](NC(=O)c2ccnn2C(C)C)C(C2CC2)C2CC2)nc1F. The average Bonchev–Trinajstić information content (AvgIpc) is 3.83. The summed E-state index contributed by atoms with van der Waals surface area (Å²) in [5.41, 5.74) is 0.607. The fourth-order valence-corrected chi connectivity index (χ4v) is 5.20. The number of nitrogens with zero attached hydrogens (tertiary/aromatic N) is 4. The normalized spacial score (nSPS) is 16.1. The fraction of sp³-hybridized carbons (Fsp3) is 0.464. The van der Waals surface area contributed by atoms with Crippen LogP contribution in [0.4, 0.5) is 19.0 Å². The molecule has 206 valence electrons. The highest BCUT2D eigenvalue weighted by Gasteiger charge is 2.48. The van der Waals surface area contributed by atoms with Crippen molar-refractivity contribution in [2.75, 3.05) is 5.32 Å². The zero-order valence-electron chi connectivity index (χ0n) is 22.0. The molecule has 1 atom stereocenters. The molecule has 3 heterocycles. The Morgan fingerprint density at radius 1 is 1.05 bits per heavy atom. The molecule has 0 aromatic carbocycles. The number of nitrogens with one attached hydrogen (secondary N) is 2. The minimum Gasteiger partial charge on any atom is -0.339 e. The standard InChI is InChI=1S/C28H31F3N6O2/c1-14(2)37-21(10-11-33-37)27(38)36-24(23(16-4-5-16)17-6-7-17)28(39)35-22-9-8-19(26(31)34-22)20-12-18(25(29)30)13-32-15(20)3/h8-14,16-17,23-25H,4-7H2,1-3H3,(H,36,38)(H,34,35,39)/t24-/m0/s1. The van der Waals surface area contributed by atoms with Gasteiger partial charge in [-0.3, -0.25) is 19.3 Å². The number of alkyl halides is 2. The van der Waals surface area contributed by atoms with E-state index in [1.807, 2.05) is 13.8 Å². The summed E-state index contributed by atoms with van der Waals surface area (Å²) >= 11 is 0. The maximum atomic E-state index is 15.1. The number of hydrogen-bond donors (Lipinski definition) is 2. The van der Waals surface area contributed by atoms with Crippen LogP contribution in [0.25, 0.3) is 11.1 Å². The number of amides is 2. The Kier molecular flexibility index (Phi) is 7.42. The molecular weight excluding hydrogens is 509 g/mol. The van der Waals surface area contributed by atoms with Gasteiger partial charge in [-0.25, -0.2) is 13.8 Å². The third-order valence-electron chi connectivity index (χ3n) is 7.43. The largest absolute Gasteiger partial charge is 0.339 e. The number of rotatable bonds is 10. The van der Waals surface area contributed by atoms with E-state index >= 15 is 4.39 Å². The summed E-state index contributed by atoms with van der Waals surface area (Å²) in [6.45, 7) is 5.42. The van der Waals surface area contributed by atoms with Gasteiger partial charge in [-0.2, -0.15) is 9.49 Å². The van der Waals surface area contributed by atoms with Gasteiger partial charge in [-0.05, 0) is 88.5 Å². The maximum Gasteiger partial charge on any atom is 0.270 e. The van der Waals surface area contributed by atoms with Crippen molar-refractivity contribution in [2.24, 2.45) is 17.8 Å². The summed E-state index contributed by atoms with van der Waals surface area (Å²) < 4.78 is 43.0. The van der Waals surface area contributed by atoms with Gasteiger partial charge in [0.25, 0.3) is 12.3 Å². The molecule has 5 rings (SSSR count). The Labute approximate surface area is 224 Å². The zero-order valence-corrected chi connectivity index (χ0v) is 22.0. The van der Waals surface area contributed by atoms with Gasteiger partial charge in [0.15, 0.2) is 0 Å². The van der Waals surface area contributed by atoms with Crippen molar-refractivity contribution in [3.63, 3.8) is 0 Å². The van der Waals surface area contributed by atoms with Crippen molar-refractivity contribution >= 4 is 17.6 Å². The molecule has 3 aromatic heterocycles. The summed E-state index contributed by atoms with van der Waals surface area (Å²) in [5, 5.41) is 9.84. The lowest BCUT2D eigenvalue weighted by Gasteiger charge is -2.27. The summed E-state index contributed by atoms with van der Waals surface area (Å²) in [6.07, 6.45) is 3.85. The van der Waals surface area contributed by atoms with Crippen molar-refractivity contribution in [2.45, 2.75) is 65.0 Å². The van der Waals surface area contributed by atoms with Gasteiger partial charge < -0.3 is 10.6 Å². The summed E-state index contributed by atoms with van der Waals surface area (Å²) in [6, 6.07) is 4.73. The number of halogens is 3. The van der Waals surface area contributed by atoms with E-state index in [-0.39, 0.29) is 34.5 Å². The number of pyridine rings is 2.